The van der Waals surface area contributed by atoms with Crippen molar-refractivity contribution >= 4 is 46.2 Å². The van der Waals surface area contributed by atoms with Crippen LogP contribution in [0, 0.1) is 17.0 Å². The van der Waals surface area contributed by atoms with Gasteiger partial charge in [-0.2, -0.15) is 5.10 Å². The van der Waals surface area contributed by atoms with Gasteiger partial charge in [0.2, 0.25) is 5.91 Å². The second-order valence-corrected chi connectivity index (χ2v) is 9.32. The van der Waals surface area contributed by atoms with Gasteiger partial charge in [0.05, 0.1) is 16.4 Å². The number of carbonyl (C=O) groups excluding carboxylic acids is 2. The van der Waals surface area contributed by atoms with E-state index in [1.807, 2.05) is 20.2 Å². The van der Waals surface area contributed by atoms with Crippen LogP contribution in [0.25, 0.3) is 6.08 Å². The van der Waals surface area contributed by atoms with Crippen LogP contribution in [0.15, 0.2) is 41.2 Å². The van der Waals surface area contributed by atoms with E-state index in [4.69, 9.17) is 0 Å². The number of rotatable bonds is 6. The van der Waals surface area contributed by atoms with Gasteiger partial charge in [0.25, 0.3) is 11.6 Å². The van der Waals surface area contributed by atoms with Gasteiger partial charge in [0.1, 0.15) is 5.70 Å². The van der Waals surface area contributed by atoms with Gasteiger partial charge < -0.3 is 5.32 Å². The fourth-order valence-electron chi connectivity index (χ4n) is 4.17. The molecular weight excluding hydrogens is 456 g/mol. The molecule has 0 bridgehead atoms. The van der Waals surface area contributed by atoms with Crippen LogP contribution in [0.4, 0.5) is 11.4 Å². The number of aryl methyl sites for hydroxylation is 2. The lowest BCUT2D eigenvalue weighted by Crippen LogP contribution is -2.41. The standard InChI is InChI=1S/C23H26N6O4S/c1-15-16(13-27(2)26-15)12-20-22(31)28(18-6-4-3-5-7-18)23(25-20)34-14-21(30)24-17-8-10-19(11-9-17)29(32)33/h8-13,18H,3-7,14H2,1-2H3,(H,24,30). The summed E-state index contributed by atoms with van der Waals surface area (Å²) in [4.78, 5) is 42.5. The maximum absolute atomic E-state index is 13.3. The number of nitro benzene ring substituents is 1. The van der Waals surface area contributed by atoms with Gasteiger partial charge in [-0.15, -0.1) is 0 Å². The molecule has 0 atom stereocenters. The van der Waals surface area contributed by atoms with Crippen LogP contribution in [0.1, 0.15) is 43.4 Å². The Labute approximate surface area is 201 Å². The highest BCUT2D eigenvalue weighted by Crippen LogP contribution is 2.32. The van der Waals surface area contributed by atoms with Gasteiger partial charge >= 0.3 is 0 Å². The number of benzene rings is 1. The predicted octanol–water partition coefficient (Wildman–Crippen LogP) is 3.88. The molecule has 1 N–H and O–H groups in total. The van der Waals surface area contributed by atoms with Crippen LogP contribution in [0.3, 0.4) is 0 Å². The van der Waals surface area contributed by atoms with Crippen molar-refractivity contribution in [2.75, 3.05) is 11.1 Å². The first-order chi connectivity index (χ1) is 16.3. The van der Waals surface area contributed by atoms with Gasteiger partial charge in [-0.25, -0.2) is 4.99 Å². The first kappa shape index (κ1) is 23.7. The van der Waals surface area contributed by atoms with Gasteiger partial charge in [0, 0.05) is 42.7 Å². The van der Waals surface area contributed by atoms with Gasteiger partial charge in [-0.05, 0) is 38.0 Å². The number of aliphatic imine (C=N–C) groups is 1. The van der Waals surface area contributed by atoms with Crippen molar-refractivity contribution in [3.8, 4) is 0 Å². The minimum atomic E-state index is -0.491. The number of nitrogens with one attached hydrogen (secondary N) is 1. The summed E-state index contributed by atoms with van der Waals surface area (Å²) in [7, 11) is 1.83. The van der Waals surface area contributed by atoms with Crippen LogP contribution in [0.2, 0.25) is 0 Å². The number of anilines is 1. The summed E-state index contributed by atoms with van der Waals surface area (Å²) >= 11 is 1.22. The number of non-ortho nitro benzene ring substituents is 1. The summed E-state index contributed by atoms with van der Waals surface area (Å²) in [5, 5.41) is 18.4. The molecule has 10 nitrogen and oxygen atoms in total. The number of amides is 2. The van der Waals surface area contributed by atoms with Crippen LogP contribution < -0.4 is 5.32 Å². The highest BCUT2D eigenvalue weighted by Gasteiger charge is 2.36. The molecule has 1 saturated carbocycles. The third-order valence-corrected chi connectivity index (χ3v) is 6.79. The smallest absolute Gasteiger partial charge is 0.278 e. The Morgan fingerprint density at radius 3 is 2.59 bits per heavy atom. The van der Waals surface area contributed by atoms with Crippen molar-refractivity contribution < 1.29 is 14.5 Å². The Morgan fingerprint density at radius 1 is 1.26 bits per heavy atom. The predicted molar refractivity (Wildman–Crippen MR) is 131 cm³/mol. The molecule has 2 amide bonds. The zero-order valence-electron chi connectivity index (χ0n) is 19.1. The maximum Gasteiger partial charge on any atom is 0.278 e. The van der Waals surface area contributed by atoms with Crippen molar-refractivity contribution in [2.24, 2.45) is 12.0 Å². The molecule has 1 aliphatic carbocycles. The van der Waals surface area contributed by atoms with Gasteiger partial charge in [-0.3, -0.25) is 29.3 Å². The Bertz CT molecular complexity index is 1160. The van der Waals surface area contributed by atoms with Gasteiger partial charge in [-0.1, -0.05) is 31.0 Å². The molecule has 0 saturated heterocycles. The van der Waals surface area contributed by atoms with E-state index in [9.17, 15) is 19.7 Å². The van der Waals surface area contributed by atoms with Crippen LogP contribution in [-0.4, -0.2) is 48.4 Å². The molecule has 178 valence electrons. The lowest BCUT2D eigenvalue weighted by Gasteiger charge is -2.31. The Balaban J connectivity index is 1.49. The molecule has 1 aromatic heterocycles. The third-order valence-electron chi connectivity index (χ3n) is 5.84. The van der Waals surface area contributed by atoms with Crippen LogP contribution in [-0.2, 0) is 16.6 Å². The minimum Gasteiger partial charge on any atom is -0.325 e. The molecular formula is C23H26N6O4S. The second-order valence-electron chi connectivity index (χ2n) is 8.38. The van der Waals surface area contributed by atoms with Gasteiger partial charge in [0.15, 0.2) is 5.17 Å². The normalized spacial score (nSPS) is 17.8. The molecule has 0 radical (unpaired) electrons. The van der Waals surface area contributed by atoms with E-state index in [2.05, 4.69) is 15.4 Å². The topological polar surface area (TPSA) is 123 Å². The Hall–Kier alpha value is -3.47. The van der Waals surface area contributed by atoms with Crippen LogP contribution in [0.5, 0.6) is 0 Å². The second kappa shape index (κ2) is 10.2. The summed E-state index contributed by atoms with van der Waals surface area (Å²) in [6.07, 6.45) is 8.72. The first-order valence-electron chi connectivity index (χ1n) is 11.1. The lowest BCUT2D eigenvalue weighted by molar-refractivity contribution is -0.384. The summed E-state index contributed by atoms with van der Waals surface area (Å²) in [6.45, 7) is 1.88. The molecule has 34 heavy (non-hydrogen) atoms. The molecule has 4 rings (SSSR count). The fraction of sp³-hybridized carbons (Fsp3) is 0.391. The highest BCUT2D eigenvalue weighted by atomic mass is 32.2. The molecule has 1 fully saturated rings. The first-order valence-corrected chi connectivity index (χ1v) is 12.1. The van der Waals surface area contributed by atoms with Crippen molar-refractivity contribution in [1.82, 2.24) is 14.7 Å². The molecule has 1 aliphatic heterocycles. The fourth-order valence-corrected chi connectivity index (χ4v) is 5.04. The van der Waals surface area contributed by atoms with Crippen molar-refractivity contribution in [2.45, 2.75) is 45.1 Å². The molecule has 2 aliphatic rings. The van der Waals surface area contributed by atoms with Crippen molar-refractivity contribution in [3.63, 3.8) is 0 Å². The molecule has 2 aromatic rings. The van der Waals surface area contributed by atoms with E-state index >= 15 is 0 Å². The number of nitrogens with zero attached hydrogens (tertiary/aromatic N) is 5. The zero-order valence-corrected chi connectivity index (χ0v) is 19.9. The largest absolute Gasteiger partial charge is 0.325 e. The summed E-state index contributed by atoms with van der Waals surface area (Å²) in [5.74, 6) is -0.363. The number of nitro groups is 1. The monoisotopic (exact) mass is 482 g/mol. The number of thioether (sulfide) groups is 1. The third kappa shape index (κ3) is 5.36. The lowest BCUT2D eigenvalue weighted by atomic mass is 9.94. The number of hydrogen-bond acceptors (Lipinski definition) is 7. The van der Waals surface area contributed by atoms with E-state index in [0.29, 0.717) is 16.6 Å². The Kier molecular flexibility index (Phi) is 7.11. The highest BCUT2D eigenvalue weighted by molar-refractivity contribution is 8.14. The molecule has 11 heteroatoms. The van der Waals surface area contributed by atoms with E-state index < -0.39 is 4.92 Å². The summed E-state index contributed by atoms with van der Waals surface area (Å²) < 4.78 is 1.70. The number of carbonyl (C=O) groups is 2. The van der Waals surface area contributed by atoms with E-state index in [-0.39, 0.29) is 29.3 Å². The van der Waals surface area contributed by atoms with E-state index in [0.717, 1.165) is 43.4 Å². The average molecular weight is 483 g/mol. The summed E-state index contributed by atoms with van der Waals surface area (Å²) in [6, 6.07) is 5.73. The number of hydrogen-bond donors (Lipinski definition) is 1. The molecule has 0 unspecified atom stereocenters. The molecule has 2 heterocycles. The molecule has 1 aromatic carbocycles. The minimum absolute atomic E-state index is 0.0440. The quantitative estimate of drug-likeness (QED) is 0.379. The van der Waals surface area contributed by atoms with Crippen molar-refractivity contribution in [1.29, 1.82) is 0 Å². The number of aromatic nitrogens is 2. The zero-order chi connectivity index (χ0) is 24.2. The van der Waals surface area contributed by atoms with E-state index in [1.54, 1.807) is 15.7 Å². The van der Waals surface area contributed by atoms with Crippen molar-refractivity contribution in [3.05, 3.63) is 57.5 Å². The summed E-state index contributed by atoms with van der Waals surface area (Å²) in [5.41, 5.74) is 2.42. The van der Waals surface area contributed by atoms with Crippen LogP contribution >= 0.6 is 11.8 Å². The Morgan fingerprint density at radius 2 is 1.97 bits per heavy atom. The number of amidine groups is 1. The van der Waals surface area contributed by atoms with E-state index in [1.165, 1.54) is 36.0 Å². The average Bonchev–Trinajstić information content (AvgIpc) is 3.30. The maximum atomic E-state index is 13.3. The SMILES string of the molecule is Cc1nn(C)cc1C=C1N=C(SCC(=O)Nc2ccc([N+](=O)[O-])cc2)N(C2CCCCC2)C1=O. The molecule has 0 spiro atoms.